The molecule has 0 N–H and O–H groups in total. The van der Waals surface area contributed by atoms with Crippen LogP contribution in [0.5, 0.6) is 5.75 Å². The van der Waals surface area contributed by atoms with Gasteiger partial charge in [0.2, 0.25) is 0 Å². The fraction of sp³-hybridized carbons (Fsp3) is 0.417. The third-order valence-corrected chi connectivity index (χ3v) is 2.36. The van der Waals surface area contributed by atoms with Crippen LogP contribution in [0.25, 0.3) is 0 Å². The van der Waals surface area contributed by atoms with Gasteiger partial charge in [-0.2, -0.15) is 13.2 Å². The number of halogens is 3. The average molecular weight is 246 g/mol. The van der Waals surface area contributed by atoms with Crippen LogP contribution < -0.4 is 4.74 Å². The first-order valence-corrected chi connectivity index (χ1v) is 5.08. The van der Waals surface area contributed by atoms with Gasteiger partial charge in [-0.1, -0.05) is 13.0 Å². The Labute approximate surface area is 97.4 Å². The zero-order valence-electron chi connectivity index (χ0n) is 9.54. The number of rotatable bonds is 4. The average Bonchev–Trinajstić information content (AvgIpc) is 2.27. The molecule has 1 aromatic carbocycles. The Balaban J connectivity index is 3.09. The zero-order chi connectivity index (χ0) is 13.1. The van der Waals surface area contributed by atoms with Crippen LogP contribution >= 0.6 is 0 Å². The number of hydrogen-bond donors (Lipinski definition) is 0. The summed E-state index contributed by atoms with van der Waals surface area (Å²) in [5.74, 6) is -0.510. The van der Waals surface area contributed by atoms with E-state index in [4.69, 9.17) is 0 Å². The molecule has 1 unspecified atom stereocenters. The predicted octanol–water partition coefficient (Wildman–Crippen LogP) is 3.09. The van der Waals surface area contributed by atoms with Gasteiger partial charge in [0, 0.05) is 5.92 Å². The standard InChI is InChI=1S/C12H13F3O2/c1-8(7-16)5-9-3-4-11(17-2)10(6-9)12(13,14)15/h3-4,6-8H,5H2,1-2H3. The summed E-state index contributed by atoms with van der Waals surface area (Å²) in [5.41, 5.74) is -0.340. The molecule has 0 aliphatic carbocycles. The van der Waals surface area contributed by atoms with Crippen molar-refractivity contribution in [2.24, 2.45) is 5.92 Å². The molecule has 0 bridgehead atoms. The van der Waals surface area contributed by atoms with Gasteiger partial charge >= 0.3 is 6.18 Å². The minimum absolute atomic E-state index is 0.208. The van der Waals surface area contributed by atoms with Gasteiger partial charge in [-0.15, -0.1) is 0 Å². The number of alkyl halides is 3. The van der Waals surface area contributed by atoms with Crippen molar-refractivity contribution in [2.45, 2.75) is 19.5 Å². The van der Waals surface area contributed by atoms with E-state index in [1.54, 1.807) is 6.92 Å². The van der Waals surface area contributed by atoms with Crippen LogP contribution in [-0.2, 0) is 17.4 Å². The second kappa shape index (κ2) is 5.21. The lowest BCUT2D eigenvalue weighted by atomic mass is 10.00. The normalized spacial score (nSPS) is 13.2. The van der Waals surface area contributed by atoms with E-state index in [2.05, 4.69) is 4.74 Å². The maximum Gasteiger partial charge on any atom is 0.419 e. The first kappa shape index (κ1) is 13.5. The van der Waals surface area contributed by atoms with Gasteiger partial charge in [-0.25, -0.2) is 0 Å². The molecule has 0 spiro atoms. The Morgan fingerprint density at radius 2 is 2.06 bits per heavy atom. The Morgan fingerprint density at radius 1 is 1.41 bits per heavy atom. The van der Waals surface area contributed by atoms with Crippen LogP contribution in [0.1, 0.15) is 18.1 Å². The Kier molecular flexibility index (Phi) is 4.15. The van der Waals surface area contributed by atoms with Crippen LogP contribution in [0.2, 0.25) is 0 Å². The summed E-state index contributed by atoms with van der Waals surface area (Å²) >= 11 is 0. The smallest absolute Gasteiger partial charge is 0.419 e. The van der Waals surface area contributed by atoms with Crippen molar-refractivity contribution < 1.29 is 22.7 Å². The van der Waals surface area contributed by atoms with Crippen molar-refractivity contribution in [1.82, 2.24) is 0 Å². The molecular formula is C12H13F3O2. The van der Waals surface area contributed by atoms with Gasteiger partial charge in [0.15, 0.2) is 0 Å². The van der Waals surface area contributed by atoms with E-state index in [1.807, 2.05) is 0 Å². The lowest BCUT2D eigenvalue weighted by Gasteiger charge is -2.14. The minimum atomic E-state index is -4.45. The lowest BCUT2D eigenvalue weighted by Crippen LogP contribution is -2.09. The summed E-state index contributed by atoms with van der Waals surface area (Å²) in [6, 6.07) is 3.84. The third-order valence-electron chi connectivity index (χ3n) is 2.36. The van der Waals surface area contributed by atoms with Gasteiger partial charge < -0.3 is 9.53 Å². The molecule has 0 saturated carbocycles. The van der Waals surface area contributed by atoms with Crippen molar-refractivity contribution in [3.63, 3.8) is 0 Å². The third kappa shape index (κ3) is 3.47. The van der Waals surface area contributed by atoms with Crippen molar-refractivity contribution in [2.75, 3.05) is 7.11 Å². The summed E-state index contributed by atoms with van der Waals surface area (Å²) in [6.45, 7) is 1.66. The fourth-order valence-electron chi connectivity index (χ4n) is 1.52. The largest absolute Gasteiger partial charge is 0.496 e. The van der Waals surface area contributed by atoms with E-state index in [9.17, 15) is 18.0 Å². The second-order valence-corrected chi connectivity index (χ2v) is 3.85. The maximum atomic E-state index is 12.7. The molecule has 5 heteroatoms. The molecule has 0 aliphatic heterocycles. The molecule has 0 fully saturated rings. The van der Waals surface area contributed by atoms with Crippen molar-refractivity contribution in [3.05, 3.63) is 29.3 Å². The number of benzene rings is 1. The van der Waals surface area contributed by atoms with E-state index in [-0.39, 0.29) is 18.1 Å². The van der Waals surface area contributed by atoms with Gasteiger partial charge in [0.25, 0.3) is 0 Å². The quantitative estimate of drug-likeness (QED) is 0.763. The highest BCUT2D eigenvalue weighted by molar-refractivity contribution is 5.54. The van der Waals surface area contributed by atoms with E-state index in [1.165, 1.54) is 19.2 Å². The Morgan fingerprint density at radius 3 is 2.53 bits per heavy atom. The van der Waals surface area contributed by atoms with Crippen LogP contribution in [-0.4, -0.2) is 13.4 Å². The molecule has 17 heavy (non-hydrogen) atoms. The number of methoxy groups -OCH3 is 1. The van der Waals surface area contributed by atoms with Crippen molar-refractivity contribution >= 4 is 6.29 Å². The molecular weight excluding hydrogens is 233 g/mol. The summed E-state index contributed by atoms with van der Waals surface area (Å²) in [7, 11) is 1.19. The van der Waals surface area contributed by atoms with Gasteiger partial charge in [-0.05, 0) is 24.1 Å². The monoisotopic (exact) mass is 246 g/mol. The number of hydrogen-bond acceptors (Lipinski definition) is 2. The van der Waals surface area contributed by atoms with Crippen LogP contribution in [0.3, 0.4) is 0 Å². The molecule has 0 aliphatic rings. The molecule has 0 heterocycles. The second-order valence-electron chi connectivity index (χ2n) is 3.85. The van der Waals surface area contributed by atoms with Crippen LogP contribution in [0, 0.1) is 5.92 Å². The fourth-order valence-corrected chi connectivity index (χ4v) is 1.52. The molecule has 1 aromatic rings. The highest BCUT2D eigenvalue weighted by atomic mass is 19.4. The lowest BCUT2D eigenvalue weighted by molar-refractivity contribution is -0.138. The number of carbonyl (C=O) groups is 1. The van der Waals surface area contributed by atoms with E-state index in [0.29, 0.717) is 5.56 Å². The summed E-state index contributed by atoms with van der Waals surface area (Å²) in [4.78, 5) is 10.5. The van der Waals surface area contributed by atoms with Crippen molar-refractivity contribution in [1.29, 1.82) is 0 Å². The van der Waals surface area contributed by atoms with E-state index in [0.717, 1.165) is 12.4 Å². The molecule has 2 nitrogen and oxygen atoms in total. The molecule has 1 atom stereocenters. The highest BCUT2D eigenvalue weighted by Crippen LogP contribution is 2.36. The minimum Gasteiger partial charge on any atom is -0.496 e. The number of aldehydes is 1. The first-order valence-electron chi connectivity index (χ1n) is 5.08. The molecule has 0 radical (unpaired) electrons. The molecule has 0 aromatic heterocycles. The van der Waals surface area contributed by atoms with E-state index < -0.39 is 11.7 Å². The Hall–Kier alpha value is -1.52. The maximum absolute atomic E-state index is 12.7. The molecule has 0 amide bonds. The molecule has 0 saturated heterocycles. The topological polar surface area (TPSA) is 26.3 Å². The first-order chi connectivity index (χ1) is 7.88. The number of carbonyl (C=O) groups excluding carboxylic acids is 1. The summed E-state index contributed by atoms with van der Waals surface area (Å²) in [5, 5.41) is 0. The zero-order valence-corrected chi connectivity index (χ0v) is 9.54. The van der Waals surface area contributed by atoms with Crippen molar-refractivity contribution in [3.8, 4) is 5.75 Å². The van der Waals surface area contributed by atoms with Gasteiger partial charge in [0.1, 0.15) is 12.0 Å². The highest BCUT2D eigenvalue weighted by Gasteiger charge is 2.34. The molecule has 94 valence electrons. The number of ether oxygens (including phenoxy) is 1. The summed E-state index contributed by atoms with van der Waals surface area (Å²) < 4.78 is 42.7. The van der Waals surface area contributed by atoms with Crippen LogP contribution in [0.4, 0.5) is 13.2 Å². The molecule has 1 rings (SSSR count). The van der Waals surface area contributed by atoms with Gasteiger partial charge in [0.05, 0.1) is 12.7 Å². The van der Waals surface area contributed by atoms with E-state index >= 15 is 0 Å². The predicted molar refractivity (Wildman–Crippen MR) is 56.9 cm³/mol. The van der Waals surface area contributed by atoms with Gasteiger partial charge in [-0.3, -0.25) is 0 Å². The summed E-state index contributed by atoms with van der Waals surface area (Å²) in [6.07, 6.45) is -3.44. The van der Waals surface area contributed by atoms with Crippen LogP contribution in [0.15, 0.2) is 18.2 Å². The Bertz CT molecular complexity index is 399. The SMILES string of the molecule is COc1ccc(CC(C)C=O)cc1C(F)(F)F.